The highest BCUT2D eigenvalue weighted by atomic mass is 16.7. The summed E-state index contributed by atoms with van der Waals surface area (Å²) in [5.41, 5.74) is 14.1. The number of amides is 1. The largest absolute Gasteiger partial charge is 0.480 e. The van der Waals surface area contributed by atoms with Gasteiger partial charge in [0.25, 0.3) is 0 Å². The Kier molecular flexibility index (Phi) is 10.1. The maximum Gasteiger partial charge on any atom is 0.328 e. The predicted octanol–water partition coefficient (Wildman–Crippen LogP) is -0.332. The fraction of sp³-hybridized carbons (Fsp3) is 0.476. The molecule has 186 valence electrons. The van der Waals surface area contributed by atoms with Crippen molar-refractivity contribution in [1.29, 1.82) is 0 Å². The number of aliphatic imine (C=N–C) groups is 1. The lowest BCUT2D eigenvalue weighted by Gasteiger charge is -2.29. The van der Waals surface area contributed by atoms with E-state index in [0.717, 1.165) is 5.01 Å². The lowest BCUT2D eigenvalue weighted by molar-refractivity contribution is -0.155. The Balaban J connectivity index is 2.11. The lowest BCUT2D eigenvalue weighted by Crippen LogP contribution is -2.53. The number of esters is 1. The number of nitrogens with two attached hydrogens (primary N) is 2. The molecule has 13 nitrogen and oxygen atoms in total. The van der Waals surface area contributed by atoms with Crippen LogP contribution in [0.3, 0.4) is 0 Å². The minimum atomic E-state index is -1.29. The number of methoxy groups -OCH3 is 1. The molecule has 0 bridgehead atoms. The van der Waals surface area contributed by atoms with Gasteiger partial charge < -0.3 is 30.8 Å². The summed E-state index contributed by atoms with van der Waals surface area (Å²) in [5, 5.41) is 10.7. The van der Waals surface area contributed by atoms with Crippen LogP contribution in [-0.4, -0.2) is 66.2 Å². The molecule has 0 aromatic heterocycles. The number of carbonyl (C=O) groups excluding carboxylic acids is 3. The third kappa shape index (κ3) is 8.24. The zero-order valence-corrected chi connectivity index (χ0v) is 18.8. The highest BCUT2D eigenvalue weighted by Gasteiger charge is 2.30. The van der Waals surface area contributed by atoms with Crippen LogP contribution >= 0.6 is 0 Å². The third-order valence-corrected chi connectivity index (χ3v) is 4.87. The van der Waals surface area contributed by atoms with Gasteiger partial charge in [-0.05, 0) is 30.5 Å². The first-order valence-corrected chi connectivity index (χ1v) is 10.5. The van der Waals surface area contributed by atoms with E-state index in [9.17, 15) is 24.3 Å². The standard InChI is InChI=1S/C21H29N5O8/c1-32-19(29)7-5-14(27)10-18(28)26(15(20(30)31)3-2-8-24-21(22)23)25-11-13-4-6-16-17(9-13)34-12-33-16/h4,6,9,15,25H,2-3,5,7-8,10-12H2,1H3,(H,30,31)(H4,22,23,24)/t15-/m0/s1. The van der Waals surface area contributed by atoms with E-state index in [1.165, 1.54) is 7.11 Å². The topological polar surface area (TPSA) is 196 Å². The van der Waals surface area contributed by atoms with Crippen LogP contribution in [0, 0.1) is 0 Å². The summed E-state index contributed by atoms with van der Waals surface area (Å²) in [6, 6.07) is 3.85. The van der Waals surface area contributed by atoms with E-state index in [0.29, 0.717) is 17.1 Å². The number of carboxylic acid groups (broad SMARTS) is 1. The average molecular weight is 479 g/mol. The number of nitrogens with one attached hydrogen (secondary N) is 1. The Morgan fingerprint density at radius 2 is 1.94 bits per heavy atom. The third-order valence-electron chi connectivity index (χ3n) is 4.87. The number of carboxylic acids is 1. The van der Waals surface area contributed by atoms with Crippen LogP contribution in [0.5, 0.6) is 11.5 Å². The van der Waals surface area contributed by atoms with Crippen LogP contribution < -0.4 is 26.4 Å². The van der Waals surface area contributed by atoms with Crippen LogP contribution in [-0.2, 0) is 30.5 Å². The number of Topliss-reactive ketones (excluding diaryl/α,β-unsaturated/α-hetero) is 1. The molecule has 0 radical (unpaired) electrons. The van der Waals surface area contributed by atoms with Gasteiger partial charge in [-0.2, -0.15) is 0 Å². The van der Waals surface area contributed by atoms with Crippen LogP contribution in [0.25, 0.3) is 0 Å². The number of benzene rings is 1. The van der Waals surface area contributed by atoms with Crippen molar-refractivity contribution in [2.75, 3.05) is 20.4 Å². The minimum Gasteiger partial charge on any atom is -0.480 e. The van der Waals surface area contributed by atoms with Gasteiger partial charge >= 0.3 is 11.9 Å². The molecule has 1 atom stereocenters. The van der Waals surface area contributed by atoms with Gasteiger partial charge in [-0.25, -0.2) is 10.2 Å². The zero-order valence-electron chi connectivity index (χ0n) is 18.8. The molecule has 0 saturated heterocycles. The zero-order chi connectivity index (χ0) is 25.1. The summed E-state index contributed by atoms with van der Waals surface area (Å²) in [5.74, 6) is -2.13. The van der Waals surface area contributed by atoms with Gasteiger partial charge in [-0.1, -0.05) is 6.07 Å². The molecular weight excluding hydrogens is 450 g/mol. The quantitative estimate of drug-likeness (QED) is 0.0681. The molecule has 1 aromatic rings. The van der Waals surface area contributed by atoms with Crippen LogP contribution in [0.15, 0.2) is 23.2 Å². The molecule has 0 aliphatic carbocycles. The van der Waals surface area contributed by atoms with Crippen LogP contribution in [0.4, 0.5) is 0 Å². The van der Waals surface area contributed by atoms with E-state index in [1.807, 2.05) is 0 Å². The Morgan fingerprint density at radius 1 is 1.21 bits per heavy atom. The fourth-order valence-corrected chi connectivity index (χ4v) is 3.14. The molecule has 0 saturated carbocycles. The second kappa shape index (κ2) is 13.0. The smallest absolute Gasteiger partial charge is 0.328 e. The first kappa shape index (κ1) is 26.4. The summed E-state index contributed by atoms with van der Waals surface area (Å²) in [4.78, 5) is 52.2. The molecule has 2 rings (SSSR count). The number of nitrogens with zero attached hydrogens (tertiary/aromatic N) is 2. The van der Waals surface area contributed by atoms with Crippen molar-refractivity contribution >= 4 is 29.6 Å². The molecule has 0 spiro atoms. The molecule has 13 heteroatoms. The second-order valence-corrected chi connectivity index (χ2v) is 7.38. The Morgan fingerprint density at radius 3 is 2.62 bits per heavy atom. The molecular formula is C21H29N5O8. The molecule has 1 aromatic carbocycles. The van der Waals surface area contributed by atoms with Gasteiger partial charge in [-0.3, -0.25) is 24.4 Å². The molecule has 1 aliphatic heterocycles. The first-order chi connectivity index (χ1) is 16.2. The van der Waals surface area contributed by atoms with Crippen molar-refractivity contribution in [3.05, 3.63) is 23.8 Å². The molecule has 1 aliphatic rings. The number of hydrogen-bond donors (Lipinski definition) is 4. The van der Waals surface area contributed by atoms with Crippen LogP contribution in [0.1, 0.15) is 37.7 Å². The van der Waals surface area contributed by atoms with Crippen molar-refractivity contribution in [2.45, 2.75) is 44.7 Å². The van der Waals surface area contributed by atoms with Gasteiger partial charge in [0.15, 0.2) is 17.5 Å². The lowest BCUT2D eigenvalue weighted by atomic mass is 10.1. The minimum absolute atomic E-state index is 0.0301. The number of rotatable bonds is 14. The monoisotopic (exact) mass is 479 g/mol. The highest BCUT2D eigenvalue weighted by molar-refractivity contribution is 5.99. The van der Waals surface area contributed by atoms with E-state index in [1.54, 1.807) is 18.2 Å². The molecule has 6 N–H and O–H groups in total. The van der Waals surface area contributed by atoms with Gasteiger partial charge in [0, 0.05) is 19.5 Å². The number of guanidine groups is 1. The summed E-state index contributed by atoms with van der Waals surface area (Å²) >= 11 is 0. The summed E-state index contributed by atoms with van der Waals surface area (Å²) in [7, 11) is 1.19. The number of aliphatic carboxylic acids is 1. The van der Waals surface area contributed by atoms with E-state index in [2.05, 4.69) is 15.2 Å². The van der Waals surface area contributed by atoms with Gasteiger partial charge in [0.2, 0.25) is 12.7 Å². The number of hydrogen-bond acceptors (Lipinski definition) is 9. The molecule has 34 heavy (non-hydrogen) atoms. The molecule has 1 amide bonds. The van der Waals surface area contributed by atoms with Gasteiger partial charge in [0.05, 0.1) is 20.0 Å². The normalized spacial score (nSPS) is 12.5. The summed E-state index contributed by atoms with van der Waals surface area (Å²) in [6.07, 6.45) is -0.642. The van der Waals surface area contributed by atoms with Crippen molar-refractivity contribution in [3.63, 3.8) is 0 Å². The molecule has 0 fully saturated rings. The second-order valence-electron chi connectivity index (χ2n) is 7.38. The molecule has 0 unspecified atom stereocenters. The van der Waals surface area contributed by atoms with E-state index >= 15 is 0 Å². The Bertz CT molecular complexity index is 932. The van der Waals surface area contributed by atoms with Gasteiger partial charge in [-0.15, -0.1) is 0 Å². The van der Waals surface area contributed by atoms with E-state index in [4.69, 9.17) is 20.9 Å². The number of carbonyl (C=O) groups is 4. The number of hydrazine groups is 1. The first-order valence-electron chi connectivity index (χ1n) is 10.5. The predicted molar refractivity (Wildman–Crippen MR) is 118 cm³/mol. The number of ether oxygens (including phenoxy) is 3. The number of fused-ring (bicyclic) bond motifs is 1. The van der Waals surface area contributed by atoms with Crippen molar-refractivity contribution < 1.29 is 38.5 Å². The summed E-state index contributed by atoms with van der Waals surface area (Å²) < 4.78 is 15.1. The van der Waals surface area contributed by atoms with Crippen LogP contribution in [0.2, 0.25) is 0 Å². The Hall–Kier alpha value is -3.87. The highest BCUT2D eigenvalue weighted by Crippen LogP contribution is 2.32. The SMILES string of the molecule is COC(=O)CCC(=O)CC(=O)N(NCc1ccc2c(c1)OCO2)[C@@H](CCCN=C(N)N)C(=O)O. The van der Waals surface area contributed by atoms with Crippen molar-refractivity contribution in [3.8, 4) is 11.5 Å². The average Bonchev–Trinajstić information content (AvgIpc) is 3.26. The maximum absolute atomic E-state index is 12.9. The van der Waals surface area contributed by atoms with E-state index < -0.39 is 36.1 Å². The van der Waals surface area contributed by atoms with Crippen molar-refractivity contribution in [2.24, 2.45) is 16.5 Å². The van der Waals surface area contributed by atoms with E-state index in [-0.39, 0.29) is 51.5 Å². The summed E-state index contributed by atoms with van der Waals surface area (Å²) in [6.45, 7) is 0.353. The number of ketones is 1. The Labute approximate surface area is 196 Å². The van der Waals surface area contributed by atoms with Gasteiger partial charge in [0.1, 0.15) is 11.8 Å². The fourth-order valence-electron chi connectivity index (χ4n) is 3.14. The maximum atomic E-state index is 12.9. The molecule has 1 heterocycles. The van der Waals surface area contributed by atoms with Crippen molar-refractivity contribution in [1.82, 2.24) is 10.4 Å².